The van der Waals surface area contributed by atoms with Gasteiger partial charge in [0.1, 0.15) is 0 Å². The van der Waals surface area contributed by atoms with E-state index in [1.165, 1.54) is 5.56 Å². The lowest BCUT2D eigenvalue weighted by Gasteiger charge is -2.01. The van der Waals surface area contributed by atoms with Gasteiger partial charge in [-0.05, 0) is 26.0 Å². The summed E-state index contributed by atoms with van der Waals surface area (Å²) in [6, 6.07) is 7.78. The molecule has 13 heavy (non-hydrogen) atoms. The molecular formula is C11H14OS. The molecule has 0 aliphatic heterocycles. The first-order valence-electron chi connectivity index (χ1n) is 4.19. The van der Waals surface area contributed by atoms with Crippen LogP contribution in [0.4, 0.5) is 0 Å². The third-order valence-corrected chi connectivity index (χ3v) is 3.21. The van der Waals surface area contributed by atoms with Gasteiger partial charge in [-0.15, -0.1) is 0 Å². The summed E-state index contributed by atoms with van der Waals surface area (Å²) in [5.74, 6) is 0.559. The van der Waals surface area contributed by atoms with Crippen LogP contribution in [0.5, 0.6) is 0 Å². The summed E-state index contributed by atoms with van der Waals surface area (Å²) < 4.78 is 11.6. The van der Waals surface area contributed by atoms with Crippen LogP contribution in [0.2, 0.25) is 0 Å². The molecule has 1 aromatic rings. The second-order valence-corrected chi connectivity index (χ2v) is 4.71. The van der Waals surface area contributed by atoms with Crippen LogP contribution < -0.4 is 0 Å². The predicted octanol–water partition coefficient (Wildman–Crippen LogP) is 2.68. The van der Waals surface area contributed by atoms with Crippen LogP contribution in [-0.4, -0.2) is 9.96 Å². The van der Waals surface area contributed by atoms with Crippen molar-refractivity contribution in [2.75, 3.05) is 5.75 Å². The largest absolute Gasteiger partial charge is 0.254 e. The topological polar surface area (TPSA) is 17.1 Å². The average molecular weight is 194 g/mol. The van der Waals surface area contributed by atoms with Crippen molar-refractivity contribution < 1.29 is 4.21 Å². The van der Waals surface area contributed by atoms with Crippen molar-refractivity contribution in [1.82, 2.24) is 0 Å². The van der Waals surface area contributed by atoms with E-state index in [4.69, 9.17) is 0 Å². The fourth-order valence-corrected chi connectivity index (χ4v) is 2.05. The lowest BCUT2D eigenvalue weighted by molar-refractivity contribution is 0.684. The third-order valence-electron chi connectivity index (χ3n) is 1.66. The SMILES string of the molecule is C=C(C)CS(=O)c1ccc(C)cc1. The number of benzene rings is 1. The summed E-state index contributed by atoms with van der Waals surface area (Å²) in [4.78, 5) is 0.883. The lowest BCUT2D eigenvalue weighted by Crippen LogP contribution is -1.98. The summed E-state index contributed by atoms with van der Waals surface area (Å²) >= 11 is 0. The molecular weight excluding hydrogens is 180 g/mol. The molecule has 0 saturated carbocycles. The Labute approximate surface area is 81.9 Å². The predicted molar refractivity (Wildman–Crippen MR) is 57.3 cm³/mol. The van der Waals surface area contributed by atoms with Crippen molar-refractivity contribution in [3.05, 3.63) is 42.0 Å². The Bertz CT molecular complexity index is 324. The van der Waals surface area contributed by atoms with Gasteiger partial charge in [0.25, 0.3) is 0 Å². The van der Waals surface area contributed by atoms with E-state index in [9.17, 15) is 4.21 Å². The number of hydrogen-bond acceptors (Lipinski definition) is 1. The highest BCUT2D eigenvalue weighted by Crippen LogP contribution is 2.09. The molecule has 0 heterocycles. The molecule has 1 nitrogen and oxygen atoms in total. The highest BCUT2D eigenvalue weighted by atomic mass is 32.2. The van der Waals surface area contributed by atoms with Gasteiger partial charge in [-0.1, -0.05) is 29.8 Å². The van der Waals surface area contributed by atoms with Gasteiger partial charge in [0.15, 0.2) is 0 Å². The van der Waals surface area contributed by atoms with Crippen molar-refractivity contribution in [2.24, 2.45) is 0 Å². The molecule has 1 rings (SSSR count). The van der Waals surface area contributed by atoms with E-state index in [0.29, 0.717) is 5.75 Å². The molecule has 0 spiro atoms. The Kier molecular flexibility index (Phi) is 3.43. The van der Waals surface area contributed by atoms with Gasteiger partial charge in [0.2, 0.25) is 0 Å². The zero-order valence-corrected chi connectivity index (χ0v) is 8.86. The zero-order valence-electron chi connectivity index (χ0n) is 8.04. The van der Waals surface area contributed by atoms with E-state index in [-0.39, 0.29) is 0 Å². The zero-order chi connectivity index (χ0) is 9.84. The fourth-order valence-electron chi connectivity index (χ4n) is 0.997. The fraction of sp³-hybridized carbons (Fsp3) is 0.273. The molecule has 0 amide bonds. The molecule has 70 valence electrons. The maximum absolute atomic E-state index is 11.6. The van der Waals surface area contributed by atoms with E-state index >= 15 is 0 Å². The maximum Gasteiger partial charge on any atom is 0.0570 e. The second kappa shape index (κ2) is 4.38. The normalized spacial score (nSPS) is 12.5. The molecule has 0 N–H and O–H groups in total. The van der Waals surface area contributed by atoms with Crippen LogP contribution in [0, 0.1) is 6.92 Å². The highest BCUT2D eigenvalue weighted by molar-refractivity contribution is 7.85. The molecule has 0 bridgehead atoms. The average Bonchev–Trinajstić information content (AvgIpc) is 2.04. The Morgan fingerprint density at radius 3 is 2.38 bits per heavy atom. The molecule has 1 atom stereocenters. The van der Waals surface area contributed by atoms with E-state index in [0.717, 1.165) is 10.5 Å². The minimum Gasteiger partial charge on any atom is -0.254 e. The Morgan fingerprint density at radius 2 is 1.92 bits per heavy atom. The van der Waals surface area contributed by atoms with Crippen molar-refractivity contribution in [3.63, 3.8) is 0 Å². The molecule has 0 aliphatic carbocycles. The summed E-state index contributed by atoms with van der Waals surface area (Å²) in [6.07, 6.45) is 0. The third kappa shape index (κ3) is 3.15. The van der Waals surface area contributed by atoms with Gasteiger partial charge in [-0.2, -0.15) is 0 Å². The second-order valence-electron chi connectivity index (χ2n) is 3.26. The van der Waals surface area contributed by atoms with Crippen molar-refractivity contribution in [2.45, 2.75) is 18.7 Å². The Hall–Kier alpha value is -0.890. The molecule has 0 saturated heterocycles. The van der Waals surface area contributed by atoms with Crippen molar-refractivity contribution in [1.29, 1.82) is 0 Å². The summed E-state index contributed by atoms with van der Waals surface area (Å²) in [5, 5.41) is 0. The highest BCUT2D eigenvalue weighted by Gasteiger charge is 2.02. The first-order chi connectivity index (χ1) is 6.09. The molecule has 1 aromatic carbocycles. The molecule has 0 radical (unpaired) electrons. The summed E-state index contributed by atoms with van der Waals surface area (Å²) in [6.45, 7) is 7.66. The minimum absolute atomic E-state index is 0.559. The van der Waals surface area contributed by atoms with Gasteiger partial charge in [-0.25, -0.2) is 0 Å². The molecule has 0 aliphatic rings. The Balaban J connectivity index is 2.78. The van der Waals surface area contributed by atoms with Crippen LogP contribution in [0.1, 0.15) is 12.5 Å². The van der Waals surface area contributed by atoms with Gasteiger partial charge in [0, 0.05) is 10.6 Å². The summed E-state index contributed by atoms with van der Waals surface area (Å²) in [5.41, 5.74) is 2.15. The van der Waals surface area contributed by atoms with Crippen molar-refractivity contribution in [3.8, 4) is 0 Å². The Morgan fingerprint density at radius 1 is 1.38 bits per heavy atom. The standard InChI is InChI=1S/C11H14OS/c1-9(2)8-13(12)11-6-4-10(3)5-7-11/h4-7H,1,8H2,2-3H3. The maximum atomic E-state index is 11.6. The van der Waals surface area contributed by atoms with Crippen LogP contribution in [0.25, 0.3) is 0 Å². The quantitative estimate of drug-likeness (QED) is 0.676. The smallest absolute Gasteiger partial charge is 0.0570 e. The minimum atomic E-state index is -0.921. The molecule has 2 heteroatoms. The first kappa shape index (κ1) is 10.2. The van der Waals surface area contributed by atoms with E-state index in [1.54, 1.807) is 0 Å². The number of aryl methyl sites for hydroxylation is 1. The van der Waals surface area contributed by atoms with Crippen LogP contribution in [0.3, 0.4) is 0 Å². The first-order valence-corrected chi connectivity index (χ1v) is 5.51. The molecule has 1 unspecified atom stereocenters. The number of hydrogen-bond donors (Lipinski definition) is 0. The van der Waals surface area contributed by atoms with Gasteiger partial charge in [-0.3, -0.25) is 4.21 Å². The van der Waals surface area contributed by atoms with Crippen LogP contribution in [0.15, 0.2) is 41.3 Å². The monoisotopic (exact) mass is 194 g/mol. The summed E-state index contributed by atoms with van der Waals surface area (Å²) in [7, 11) is -0.921. The van der Waals surface area contributed by atoms with Crippen molar-refractivity contribution >= 4 is 10.8 Å². The number of rotatable bonds is 3. The molecule has 0 aromatic heterocycles. The lowest BCUT2D eigenvalue weighted by atomic mass is 10.2. The van der Waals surface area contributed by atoms with Crippen LogP contribution >= 0.6 is 0 Å². The van der Waals surface area contributed by atoms with E-state index < -0.39 is 10.8 Å². The van der Waals surface area contributed by atoms with Gasteiger partial charge < -0.3 is 0 Å². The van der Waals surface area contributed by atoms with Crippen LogP contribution in [-0.2, 0) is 10.8 Å². The van der Waals surface area contributed by atoms with E-state index in [1.807, 2.05) is 38.1 Å². The van der Waals surface area contributed by atoms with Gasteiger partial charge >= 0.3 is 0 Å². The van der Waals surface area contributed by atoms with Gasteiger partial charge in [0.05, 0.1) is 10.8 Å². The van der Waals surface area contributed by atoms with E-state index in [2.05, 4.69) is 6.58 Å². The molecule has 0 fully saturated rings.